The van der Waals surface area contributed by atoms with E-state index in [1.807, 2.05) is 0 Å². The Morgan fingerprint density at radius 2 is 2.00 bits per heavy atom. The molecule has 2 nitrogen and oxygen atoms in total. The molecule has 2 unspecified atom stereocenters. The van der Waals surface area contributed by atoms with Crippen LogP contribution in [0.2, 0.25) is 0 Å². The Kier molecular flexibility index (Phi) is 6.37. The number of hydrogen-bond donors (Lipinski definition) is 2. The van der Waals surface area contributed by atoms with Gasteiger partial charge in [-0.05, 0) is 24.3 Å². The van der Waals surface area contributed by atoms with E-state index in [9.17, 15) is 0 Å². The minimum absolute atomic E-state index is 0.496. The van der Waals surface area contributed by atoms with Gasteiger partial charge in [-0.2, -0.15) is 0 Å². The molecule has 96 valence electrons. The van der Waals surface area contributed by atoms with Crippen LogP contribution in [0.1, 0.15) is 59.3 Å². The van der Waals surface area contributed by atoms with Crippen LogP contribution in [0, 0.1) is 11.3 Å². The van der Waals surface area contributed by atoms with Gasteiger partial charge >= 0.3 is 0 Å². The molecule has 0 spiro atoms. The van der Waals surface area contributed by atoms with Gasteiger partial charge < -0.3 is 10.6 Å². The van der Waals surface area contributed by atoms with E-state index in [4.69, 9.17) is 0 Å². The summed E-state index contributed by atoms with van der Waals surface area (Å²) in [5.41, 5.74) is 0.496. The molecule has 1 aliphatic rings. The molecule has 2 N–H and O–H groups in total. The lowest BCUT2D eigenvalue weighted by Crippen LogP contribution is -2.36. The third-order valence-electron chi connectivity index (χ3n) is 4.33. The van der Waals surface area contributed by atoms with E-state index >= 15 is 0 Å². The van der Waals surface area contributed by atoms with Crippen LogP contribution in [0.5, 0.6) is 0 Å². The second-order valence-corrected chi connectivity index (χ2v) is 5.76. The first-order valence-electron chi connectivity index (χ1n) is 7.10. The first-order valence-corrected chi connectivity index (χ1v) is 7.10. The molecule has 1 rings (SSSR count). The van der Waals surface area contributed by atoms with Crippen LogP contribution >= 0.6 is 0 Å². The summed E-state index contributed by atoms with van der Waals surface area (Å²) in [5.74, 6) is 0.844. The maximum atomic E-state index is 3.51. The summed E-state index contributed by atoms with van der Waals surface area (Å²) in [6, 6.07) is 0. The van der Waals surface area contributed by atoms with Crippen molar-refractivity contribution in [3.63, 3.8) is 0 Å². The summed E-state index contributed by atoms with van der Waals surface area (Å²) in [6.07, 6.45) is 8.30. The fraction of sp³-hybridized carbons (Fsp3) is 1.00. The third-order valence-corrected chi connectivity index (χ3v) is 4.33. The summed E-state index contributed by atoms with van der Waals surface area (Å²) in [4.78, 5) is 0. The minimum Gasteiger partial charge on any atom is -0.304 e. The highest BCUT2D eigenvalue weighted by atomic mass is 15.1. The quantitative estimate of drug-likeness (QED) is 0.680. The fourth-order valence-electron chi connectivity index (χ4n) is 2.63. The van der Waals surface area contributed by atoms with Gasteiger partial charge in [0.05, 0.1) is 0 Å². The molecule has 1 heterocycles. The van der Waals surface area contributed by atoms with Crippen molar-refractivity contribution in [1.29, 1.82) is 0 Å². The normalized spacial score (nSPS) is 28.7. The molecule has 0 saturated carbocycles. The standard InChI is InChI=1S/C14H30N2/c1-4-5-6-7-8-13(2)14(3)9-10-15-12-16-11-14/h13,15-16H,4-12H2,1-3H3. The lowest BCUT2D eigenvalue weighted by Gasteiger charge is -2.34. The molecule has 0 aromatic rings. The van der Waals surface area contributed by atoms with E-state index in [1.165, 1.54) is 51.6 Å². The summed E-state index contributed by atoms with van der Waals surface area (Å²) < 4.78 is 0. The molecule has 2 atom stereocenters. The van der Waals surface area contributed by atoms with Crippen LogP contribution in [0.25, 0.3) is 0 Å². The van der Waals surface area contributed by atoms with Gasteiger partial charge in [-0.25, -0.2) is 0 Å². The van der Waals surface area contributed by atoms with Gasteiger partial charge in [-0.1, -0.05) is 52.9 Å². The summed E-state index contributed by atoms with van der Waals surface area (Å²) in [5, 5.41) is 6.93. The van der Waals surface area contributed by atoms with Crippen molar-refractivity contribution in [1.82, 2.24) is 10.6 Å². The smallest absolute Gasteiger partial charge is 0.0454 e. The van der Waals surface area contributed by atoms with E-state index in [0.29, 0.717) is 5.41 Å². The molecule has 2 heteroatoms. The molecule has 0 aromatic heterocycles. The van der Waals surface area contributed by atoms with Crippen molar-refractivity contribution in [2.45, 2.75) is 59.3 Å². The van der Waals surface area contributed by atoms with Crippen molar-refractivity contribution in [3.05, 3.63) is 0 Å². The van der Waals surface area contributed by atoms with E-state index in [-0.39, 0.29) is 0 Å². The van der Waals surface area contributed by atoms with Gasteiger partial charge in [0.15, 0.2) is 0 Å². The van der Waals surface area contributed by atoms with Gasteiger partial charge in [0, 0.05) is 13.2 Å². The maximum absolute atomic E-state index is 3.51. The predicted octanol–water partition coefficient (Wildman–Crippen LogP) is 3.14. The largest absolute Gasteiger partial charge is 0.304 e. The van der Waals surface area contributed by atoms with Gasteiger partial charge in [-0.3, -0.25) is 0 Å². The highest BCUT2D eigenvalue weighted by Crippen LogP contribution is 2.34. The zero-order chi connectivity index (χ0) is 11.9. The lowest BCUT2D eigenvalue weighted by atomic mass is 9.73. The van der Waals surface area contributed by atoms with E-state index < -0.39 is 0 Å². The lowest BCUT2D eigenvalue weighted by molar-refractivity contribution is 0.177. The summed E-state index contributed by atoms with van der Waals surface area (Å²) in [7, 11) is 0. The molecule has 0 aliphatic carbocycles. The number of nitrogens with one attached hydrogen (secondary N) is 2. The second-order valence-electron chi connectivity index (χ2n) is 5.76. The molecule has 16 heavy (non-hydrogen) atoms. The second kappa shape index (κ2) is 7.29. The molecular weight excluding hydrogens is 196 g/mol. The van der Waals surface area contributed by atoms with Gasteiger partial charge in [0.25, 0.3) is 0 Å². The fourth-order valence-corrected chi connectivity index (χ4v) is 2.63. The minimum atomic E-state index is 0.496. The van der Waals surface area contributed by atoms with Crippen molar-refractivity contribution in [2.75, 3.05) is 19.8 Å². The third kappa shape index (κ3) is 4.42. The topological polar surface area (TPSA) is 24.1 Å². The molecular formula is C14H30N2. The first-order chi connectivity index (χ1) is 7.69. The maximum Gasteiger partial charge on any atom is 0.0454 e. The van der Waals surface area contributed by atoms with Crippen molar-refractivity contribution < 1.29 is 0 Å². The number of hydrogen-bond acceptors (Lipinski definition) is 2. The number of unbranched alkanes of at least 4 members (excludes halogenated alkanes) is 3. The Bertz CT molecular complexity index is 172. The SMILES string of the molecule is CCCCCCC(C)C1(C)CCNCNC1. The Morgan fingerprint density at radius 1 is 1.19 bits per heavy atom. The van der Waals surface area contributed by atoms with Gasteiger partial charge in [0.1, 0.15) is 0 Å². The average Bonchev–Trinajstić information content (AvgIpc) is 2.50. The van der Waals surface area contributed by atoms with Crippen LogP contribution in [-0.2, 0) is 0 Å². The Hall–Kier alpha value is -0.0800. The van der Waals surface area contributed by atoms with Crippen LogP contribution < -0.4 is 10.6 Å². The van der Waals surface area contributed by atoms with Gasteiger partial charge in [0.2, 0.25) is 0 Å². The van der Waals surface area contributed by atoms with Crippen LogP contribution in [0.15, 0.2) is 0 Å². The average molecular weight is 226 g/mol. The molecule has 0 aromatic carbocycles. The predicted molar refractivity (Wildman–Crippen MR) is 71.5 cm³/mol. The van der Waals surface area contributed by atoms with E-state index in [0.717, 1.165) is 12.6 Å². The number of rotatable bonds is 6. The molecule has 1 saturated heterocycles. The zero-order valence-electron chi connectivity index (χ0n) is 11.4. The zero-order valence-corrected chi connectivity index (χ0v) is 11.4. The first kappa shape index (κ1) is 14.0. The molecule has 0 bridgehead atoms. The van der Waals surface area contributed by atoms with Crippen LogP contribution in [0.4, 0.5) is 0 Å². The molecule has 0 amide bonds. The van der Waals surface area contributed by atoms with Crippen molar-refractivity contribution in [3.8, 4) is 0 Å². The highest BCUT2D eigenvalue weighted by molar-refractivity contribution is 4.84. The van der Waals surface area contributed by atoms with Crippen molar-refractivity contribution >= 4 is 0 Å². The van der Waals surface area contributed by atoms with E-state index in [2.05, 4.69) is 31.4 Å². The summed E-state index contributed by atoms with van der Waals surface area (Å²) in [6.45, 7) is 10.5. The van der Waals surface area contributed by atoms with Crippen LogP contribution in [0.3, 0.4) is 0 Å². The van der Waals surface area contributed by atoms with Gasteiger partial charge in [-0.15, -0.1) is 0 Å². The molecule has 1 fully saturated rings. The van der Waals surface area contributed by atoms with Crippen molar-refractivity contribution in [2.24, 2.45) is 11.3 Å². The Labute approximate surface area is 102 Å². The molecule has 0 radical (unpaired) electrons. The van der Waals surface area contributed by atoms with E-state index in [1.54, 1.807) is 0 Å². The summed E-state index contributed by atoms with van der Waals surface area (Å²) >= 11 is 0. The Morgan fingerprint density at radius 3 is 2.75 bits per heavy atom. The van der Waals surface area contributed by atoms with Crippen LogP contribution in [-0.4, -0.2) is 19.8 Å². The Balaban J connectivity index is 2.28. The monoisotopic (exact) mass is 226 g/mol. The highest BCUT2D eigenvalue weighted by Gasteiger charge is 2.30. The molecule has 1 aliphatic heterocycles.